The van der Waals surface area contributed by atoms with E-state index in [0.29, 0.717) is 6.42 Å². The molecule has 0 aromatic heterocycles. The second-order valence-electron chi connectivity index (χ2n) is 5.84. The molecule has 0 amide bonds. The predicted molar refractivity (Wildman–Crippen MR) is 85.6 cm³/mol. The number of hydrogen-bond donors (Lipinski definition) is 0. The first-order chi connectivity index (χ1) is 9.77. The minimum absolute atomic E-state index is 0.403. The van der Waals surface area contributed by atoms with Crippen molar-refractivity contribution in [3.63, 3.8) is 0 Å². The molecular formula is C18H36O. The minimum Gasteiger partial charge on any atom is -0.303 e. The molecule has 0 radical (unpaired) electrons. The molecule has 0 bridgehead atoms. The Hall–Kier alpha value is -0.330. The van der Waals surface area contributed by atoms with Crippen molar-refractivity contribution in [2.75, 3.05) is 0 Å². The molecule has 0 spiro atoms. The van der Waals surface area contributed by atoms with Crippen molar-refractivity contribution < 1.29 is 6.17 Å². The van der Waals surface area contributed by atoms with Crippen LogP contribution >= 0.6 is 0 Å². The molecule has 0 aromatic carbocycles. The molecule has 0 saturated carbocycles. The second kappa shape index (κ2) is 17.7. The van der Waals surface area contributed by atoms with Gasteiger partial charge in [0.25, 0.3) is 0 Å². The molecule has 0 rings (SSSR count). The molecule has 0 aliphatic carbocycles. The van der Waals surface area contributed by atoms with Gasteiger partial charge in [0.1, 0.15) is 7.63 Å². The van der Waals surface area contributed by atoms with Gasteiger partial charge in [0.15, 0.2) is 0 Å². The quantitative estimate of drug-likeness (QED) is 0.232. The van der Waals surface area contributed by atoms with Crippen LogP contribution in [0.3, 0.4) is 0 Å². The van der Waals surface area contributed by atoms with Crippen LogP contribution in [0.15, 0.2) is 0 Å². The normalized spacial score (nSPS) is 11.5. The first-order valence-corrected chi connectivity index (χ1v) is 8.76. The Bertz CT molecular complexity index is 204. The lowest BCUT2D eigenvalue weighted by atomic mass is 10.0. The lowest BCUT2D eigenvalue weighted by Crippen LogP contribution is -1.83. The van der Waals surface area contributed by atoms with E-state index in [0.717, 1.165) is 12.8 Å². The summed E-state index contributed by atoms with van der Waals surface area (Å²) in [5, 5.41) is 0. The highest BCUT2D eigenvalue weighted by atomic mass is 16.1. The van der Waals surface area contributed by atoms with Gasteiger partial charge in [0.05, 0.1) is 0 Å². The van der Waals surface area contributed by atoms with E-state index < -0.39 is 6.26 Å². The SMILES string of the molecule is [2H]C(=O)CCCCCCCCCCCCCCCCC. The second-order valence-corrected chi connectivity index (χ2v) is 5.84. The van der Waals surface area contributed by atoms with Crippen molar-refractivity contribution in [3.8, 4) is 0 Å². The summed E-state index contributed by atoms with van der Waals surface area (Å²) in [6.07, 6.45) is 20.1. The van der Waals surface area contributed by atoms with Crippen LogP contribution in [0.4, 0.5) is 0 Å². The molecule has 0 aromatic rings. The molecule has 0 fully saturated rings. The highest BCUT2D eigenvalue weighted by molar-refractivity contribution is 5.48. The largest absolute Gasteiger partial charge is 0.303 e. The summed E-state index contributed by atoms with van der Waals surface area (Å²) in [6.45, 7) is 2.27. The Morgan fingerprint density at radius 1 is 0.632 bits per heavy atom. The molecule has 0 atom stereocenters. The zero-order chi connectivity index (χ0) is 14.9. The zero-order valence-electron chi connectivity index (χ0n) is 14.2. The van der Waals surface area contributed by atoms with Crippen LogP contribution in [0.5, 0.6) is 0 Å². The maximum Gasteiger partial charge on any atom is 0.119 e. The van der Waals surface area contributed by atoms with Crippen molar-refractivity contribution in [2.45, 2.75) is 110 Å². The van der Waals surface area contributed by atoms with E-state index in [1.807, 2.05) is 0 Å². The first-order valence-electron chi connectivity index (χ1n) is 9.26. The van der Waals surface area contributed by atoms with E-state index >= 15 is 0 Å². The number of hydrogen-bond acceptors (Lipinski definition) is 1. The average Bonchev–Trinajstić information content (AvgIpc) is 2.43. The Kier molecular flexibility index (Phi) is 15.6. The van der Waals surface area contributed by atoms with Gasteiger partial charge in [-0.2, -0.15) is 0 Å². The highest BCUT2D eigenvalue weighted by Crippen LogP contribution is 2.13. The lowest BCUT2D eigenvalue weighted by molar-refractivity contribution is -0.107. The van der Waals surface area contributed by atoms with Gasteiger partial charge in [0, 0.05) is 6.42 Å². The van der Waals surface area contributed by atoms with Crippen LogP contribution in [0.25, 0.3) is 0 Å². The zero-order valence-corrected chi connectivity index (χ0v) is 13.2. The van der Waals surface area contributed by atoms with Gasteiger partial charge in [0.2, 0.25) is 0 Å². The monoisotopic (exact) mass is 269 g/mol. The maximum absolute atomic E-state index is 10.4. The Morgan fingerprint density at radius 3 is 1.26 bits per heavy atom. The molecule has 0 unspecified atom stereocenters. The molecule has 0 aliphatic heterocycles. The summed E-state index contributed by atoms with van der Waals surface area (Å²) in [7, 11) is 0. The summed E-state index contributed by atoms with van der Waals surface area (Å²) in [5.74, 6) is 0. The highest BCUT2D eigenvalue weighted by Gasteiger charge is 1.94. The average molecular weight is 269 g/mol. The molecule has 1 nitrogen and oxygen atoms in total. The lowest BCUT2D eigenvalue weighted by Gasteiger charge is -2.02. The molecule has 1 heteroatoms. The predicted octanol–water partition coefficient (Wildman–Crippen LogP) is 6.45. The number of unbranched alkanes of at least 4 members (excludes halogenated alkanes) is 14. The van der Waals surface area contributed by atoms with Crippen LogP contribution in [0, 0.1) is 0 Å². The number of rotatable bonds is 16. The summed E-state index contributed by atoms with van der Waals surface area (Å²) < 4.78 is 6.81. The van der Waals surface area contributed by atoms with Crippen molar-refractivity contribution in [1.29, 1.82) is 0 Å². The molecular weight excluding hydrogens is 232 g/mol. The van der Waals surface area contributed by atoms with Gasteiger partial charge < -0.3 is 4.79 Å². The maximum atomic E-state index is 10.4. The van der Waals surface area contributed by atoms with Crippen molar-refractivity contribution >= 4 is 6.26 Å². The third kappa shape index (κ3) is 17.7. The molecule has 0 N–H and O–H groups in total. The number of carbonyl (C=O) groups is 1. The van der Waals surface area contributed by atoms with Crippen molar-refractivity contribution in [2.24, 2.45) is 0 Å². The van der Waals surface area contributed by atoms with Gasteiger partial charge in [-0.3, -0.25) is 0 Å². The summed E-state index contributed by atoms with van der Waals surface area (Å²) >= 11 is 0. The third-order valence-corrected chi connectivity index (χ3v) is 3.88. The van der Waals surface area contributed by atoms with Gasteiger partial charge in [-0.25, -0.2) is 0 Å². The molecule has 114 valence electrons. The Labute approximate surface area is 123 Å². The topological polar surface area (TPSA) is 17.1 Å². The van der Waals surface area contributed by atoms with E-state index in [1.54, 1.807) is 0 Å². The molecule has 0 saturated heterocycles. The standard InChI is InChI=1S/C18H36O/c1-2-3-4-5-6-7-8-9-10-11-12-13-14-15-16-17-18-19/h18H,2-17H2,1H3/i18D. The van der Waals surface area contributed by atoms with Crippen LogP contribution in [-0.4, -0.2) is 6.26 Å². The van der Waals surface area contributed by atoms with Crippen molar-refractivity contribution in [1.82, 2.24) is 0 Å². The Morgan fingerprint density at radius 2 is 0.947 bits per heavy atom. The first kappa shape index (κ1) is 16.7. The summed E-state index contributed by atoms with van der Waals surface area (Å²) in [5.41, 5.74) is 0. The summed E-state index contributed by atoms with van der Waals surface area (Å²) in [6, 6.07) is 0. The van der Waals surface area contributed by atoms with Crippen LogP contribution in [0.2, 0.25) is 0 Å². The summed E-state index contributed by atoms with van der Waals surface area (Å²) in [4.78, 5) is 10.4. The van der Waals surface area contributed by atoms with E-state index in [-0.39, 0.29) is 0 Å². The van der Waals surface area contributed by atoms with Gasteiger partial charge >= 0.3 is 0 Å². The van der Waals surface area contributed by atoms with Crippen molar-refractivity contribution in [3.05, 3.63) is 0 Å². The van der Waals surface area contributed by atoms with E-state index in [2.05, 4.69) is 6.92 Å². The fourth-order valence-corrected chi connectivity index (χ4v) is 2.57. The molecule has 0 aliphatic rings. The fourth-order valence-electron chi connectivity index (χ4n) is 2.57. The van der Waals surface area contributed by atoms with Crippen LogP contribution < -0.4 is 0 Å². The fraction of sp³-hybridized carbons (Fsp3) is 0.944. The third-order valence-electron chi connectivity index (χ3n) is 3.88. The Balaban J connectivity index is 2.94. The molecule has 0 heterocycles. The van der Waals surface area contributed by atoms with Gasteiger partial charge in [-0.05, 0) is 6.42 Å². The van der Waals surface area contributed by atoms with Crippen LogP contribution in [-0.2, 0) is 4.79 Å². The number of carbonyl (C=O) groups excluding carboxylic acids is 1. The molecule has 19 heavy (non-hydrogen) atoms. The van der Waals surface area contributed by atoms with E-state index in [9.17, 15) is 4.79 Å². The van der Waals surface area contributed by atoms with E-state index in [4.69, 9.17) is 1.37 Å². The van der Waals surface area contributed by atoms with Gasteiger partial charge in [-0.15, -0.1) is 0 Å². The smallest absolute Gasteiger partial charge is 0.119 e. The minimum atomic E-state index is -0.403. The van der Waals surface area contributed by atoms with Gasteiger partial charge in [-0.1, -0.05) is 96.8 Å². The van der Waals surface area contributed by atoms with E-state index in [1.165, 1.54) is 83.5 Å². The van der Waals surface area contributed by atoms with Crippen LogP contribution in [0.1, 0.15) is 111 Å². The number of aldehydes is 1.